The van der Waals surface area contributed by atoms with E-state index in [4.69, 9.17) is 0 Å². The van der Waals surface area contributed by atoms with Gasteiger partial charge in [-0.15, -0.1) is 0 Å². The molecule has 1 atom stereocenters. The highest BCUT2D eigenvalue weighted by molar-refractivity contribution is 5.14. The third kappa shape index (κ3) is 5.13. The highest BCUT2D eigenvalue weighted by Crippen LogP contribution is 2.05. The molecule has 88 valence electrons. The minimum Gasteiger partial charge on any atom is -0.311 e. The van der Waals surface area contributed by atoms with E-state index in [-0.39, 0.29) is 0 Å². The van der Waals surface area contributed by atoms with Crippen LogP contribution in [0.2, 0.25) is 0 Å². The molecular formula is C15H23N. The topological polar surface area (TPSA) is 12.0 Å². The van der Waals surface area contributed by atoms with Crippen LogP contribution >= 0.6 is 0 Å². The van der Waals surface area contributed by atoms with E-state index in [1.165, 1.54) is 17.6 Å². The van der Waals surface area contributed by atoms with Gasteiger partial charge in [-0.1, -0.05) is 49.4 Å². The van der Waals surface area contributed by atoms with Gasteiger partial charge in [-0.25, -0.2) is 0 Å². The van der Waals surface area contributed by atoms with Crippen LogP contribution in [0.15, 0.2) is 42.5 Å². The Morgan fingerprint density at radius 3 is 2.62 bits per heavy atom. The Hall–Kier alpha value is -1.08. The Morgan fingerprint density at radius 2 is 2.00 bits per heavy atom. The van der Waals surface area contributed by atoms with Gasteiger partial charge in [0.25, 0.3) is 0 Å². The molecule has 1 N–H and O–H groups in total. The van der Waals surface area contributed by atoms with Crippen LogP contribution in [0.25, 0.3) is 0 Å². The molecule has 0 aliphatic rings. The molecule has 1 nitrogen and oxygen atoms in total. The molecule has 0 amide bonds. The summed E-state index contributed by atoms with van der Waals surface area (Å²) in [5, 5.41) is 3.50. The Labute approximate surface area is 99.6 Å². The maximum absolute atomic E-state index is 4.00. The second kappa shape index (κ2) is 7.24. The third-order valence-electron chi connectivity index (χ3n) is 2.91. The number of nitrogens with one attached hydrogen (secondary N) is 1. The van der Waals surface area contributed by atoms with Gasteiger partial charge in [-0.3, -0.25) is 0 Å². The second-order valence-corrected chi connectivity index (χ2v) is 4.41. The van der Waals surface area contributed by atoms with Crippen LogP contribution in [0.5, 0.6) is 0 Å². The van der Waals surface area contributed by atoms with Crippen LogP contribution in [0.4, 0.5) is 0 Å². The van der Waals surface area contributed by atoms with Crippen LogP contribution in [0.1, 0.15) is 32.3 Å². The van der Waals surface area contributed by atoms with Gasteiger partial charge in [0.1, 0.15) is 0 Å². The van der Waals surface area contributed by atoms with E-state index in [0.29, 0.717) is 6.04 Å². The number of hydrogen-bond donors (Lipinski definition) is 1. The summed E-state index contributed by atoms with van der Waals surface area (Å²) in [4.78, 5) is 0. The molecule has 1 heteroatoms. The standard InChI is InChI=1S/C15H23N/c1-4-13(2)12-16-14(3)10-11-15-8-6-5-7-9-15/h5-9,14,16H,2,4,10-12H2,1,3H3. The number of benzene rings is 1. The molecule has 0 heterocycles. The lowest BCUT2D eigenvalue weighted by atomic mass is 10.1. The zero-order chi connectivity index (χ0) is 11.8. The van der Waals surface area contributed by atoms with Crippen molar-refractivity contribution in [3.63, 3.8) is 0 Å². The van der Waals surface area contributed by atoms with Crippen molar-refractivity contribution in [2.45, 2.75) is 39.2 Å². The molecular weight excluding hydrogens is 194 g/mol. The Bertz CT molecular complexity index is 302. The van der Waals surface area contributed by atoms with Crippen molar-refractivity contribution in [1.82, 2.24) is 5.32 Å². The van der Waals surface area contributed by atoms with Crippen molar-refractivity contribution in [1.29, 1.82) is 0 Å². The first-order valence-electron chi connectivity index (χ1n) is 6.16. The monoisotopic (exact) mass is 217 g/mol. The van der Waals surface area contributed by atoms with E-state index in [1.807, 2.05) is 0 Å². The molecule has 1 aromatic rings. The number of aryl methyl sites for hydroxylation is 1. The van der Waals surface area contributed by atoms with Crippen molar-refractivity contribution in [2.24, 2.45) is 0 Å². The van der Waals surface area contributed by atoms with Gasteiger partial charge in [-0.2, -0.15) is 0 Å². The summed E-state index contributed by atoms with van der Waals surface area (Å²) in [6.07, 6.45) is 3.40. The van der Waals surface area contributed by atoms with Gasteiger partial charge in [-0.05, 0) is 31.7 Å². The molecule has 0 aliphatic heterocycles. The molecule has 16 heavy (non-hydrogen) atoms. The van der Waals surface area contributed by atoms with Crippen molar-refractivity contribution < 1.29 is 0 Å². The summed E-state index contributed by atoms with van der Waals surface area (Å²) < 4.78 is 0. The van der Waals surface area contributed by atoms with Crippen LogP contribution in [-0.2, 0) is 6.42 Å². The van der Waals surface area contributed by atoms with Gasteiger partial charge >= 0.3 is 0 Å². The summed E-state index contributed by atoms with van der Waals surface area (Å²) in [7, 11) is 0. The van der Waals surface area contributed by atoms with Crippen molar-refractivity contribution in [2.75, 3.05) is 6.54 Å². The number of rotatable bonds is 7. The van der Waals surface area contributed by atoms with Crippen LogP contribution in [0, 0.1) is 0 Å². The van der Waals surface area contributed by atoms with E-state index >= 15 is 0 Å². The van der Waals surface area contributed by atoms with Crippen LogP contribution in [0.3, 0.4) is 0 Å². The minimum absolute atomic E-state index is 0.559. The normalized spacial score (nSPS) is 12.4. The Kier molecular flexibility index (Phi) is 5.87. The van der Waals surface area contributed by atoms with Crippen molar-refractivity contribution >= 4 is 0 Å². The van der Waals surface area contributed by atoms with Gasteiger partial charge in [0.2, 0.25) is 0 Å². The first-order chi connectivity index (χ1) is 7.72. The van der Waals surface area contributed by atoms with E-state index in [1.54, 1.807) is 0 Å². The van der Waals surface area contributed by atoms with E-state index in [9.17, 15) is 0 Å². The van der Waals surface area contributed by atoms with E-state index in [0.717, 1.165) is 19.4 Å². The number of hydrogen-bond acceptors (Lipinski definition) is 1. The fraction of sp³-hybridized carbons (Fsp3) is 0.467. The zero-order valence-electron chi connectivity index (χ0n) is 10.5. The molecule has 0 spiro atoms. The van der Waals surface area contributed by atoms with Gasteiger partial charge in [0.15, 0.2) is 0 Å². The highest BCUT2D eigenvalue weighted by Gasteiger charge is 2.01. The maximum atomic E-state index is 4.00. The average molecular weight is 217 g/mol. The molecule has 0 aromatic heterocycles. The molecule has 0 aliphatic carbocycles. The SMILES string of the molecule is C=C(CC)CNC(C)CCc1ccccc1. The van der Waals surface area contributed by atoms with Crippen molar-refractivity contribution in [3.8, 4) is 0 Å². The third-order valence-corrected chi connectivity index (χ3v) is 2.91. The van der Waals surface area contributed by atoms with Crippen molar-refractivity contribution in [3.05, 3.63) is 48.0 Å². The molecule has 1 unspecified atom stereocenters. The van der Waals surface area contributed by atoms with Gasteiger partial charge in [0, 0.05) is 12.6 Å². The highest BCUT2D eigenvalue weighted by atomic mass is 14.9. The molecule has 0 bridgehead atoms. The summed E-state index contributed by atoms with van der Waals surface area (Å²) >= 11 is 0. The van der Waals surface area contributed by atoms with Gasteiger partial charge in [0.05, 0.1) is 0 Å². The molecule has 0 saturated carbocycles. The molecule has 1 rings (SSSR count). The Morgan fingerprint density at radius 1 is 1.31 bits per heavy atom. The zero-order valence-corrected chi connectivity index (χ0v) is 10.5. The largest absolute Gasteiger partial charge is 0.311 e. The Balaban J connectivity index is 2.20. The predicted octanol–water partition coefficient (Wildman–Crippen LogP) is 3.56. The lowest BCUT2D eigenvalue weighted by Gasteiger charge is -2.14. The van der Waals surface area contributed by atoms with E-state index in [2.05, 4.69) is 56.1 Å². The molecule has 0 fully saturated rings. The first kappa shape index (κ1) is 13.0. The average Bonchev–Trinajstić information content (AvgIpc) is 2.34. The second-order valence-electron chi connectivity index (χ2n) is 4.41. The summed E-state index contributed by atoms with van der Waals surface area (Å²) in [6.45, 7) is 9.35. The quantitative estimate of drug-likeness (QED) is 0.689. The summed E-state index contributed by atoms with van der Waals surface area (Å²) in [5.74, 6) is 0. The maximum Gasteiger partial charge on any atom is 0.0164 e. The lowest BCUT2D eigenvalue weighted by molar-refractivity contribution is 0.534. The summed E-state index contributed by atoms with van der Waals surface area (Å²) in [5.41, 5.74) is 2.71. The molecule has 0 radical (unpaired) electrons. The fourth-order valence-corrected chi connectivity index (χ4v) is 1.57. The van der Waals surface area contributed by atoms with Gasteiger partial charge < -0.3 is 5.32 Å². The molecule has 1 aromatic carbocycles. The fourth-order valence-electron chi connectivity index (χ4n) is 1.57. The minimum atomic E-state index is 0.559. The van der Waals surface area contributed by atoms with E-state index < -0.39 is 0 Å². The molecule has 0 saturated heterocycles. The summed E-state index contributed by atoms with van der Waals surface area (Å²) in [6, 6.07) is 11.2. The predicted molar refractivity (Wildman–Crippen MR) is 71.7 cm³/mol. The van der Waals surface area contributed by atoms with Crippen LogP contribution in [-0.4, -0.2) is 12.6 Å². The first-order valence-corrected chi connectivity index (χ1v) is 6.16. The lowest BCUT2D eigenvalue weighted by Crippen LogP contribution is -2.28. The van der Waals surface area contributed by atoms with Crippen LogP contribution < -0.4 is 5.32 Å². The smallest absolute Gasteiger partial charge is 0.0164 e.